The summed E-state index contributed by atoms with van der Waals surface area (Å²) < 4.78 is 0. The Bertz CT molecular complexity index is 546. The van der Waals surface area contributed by atoms with Crippen LogP contribution in [0.3, 0.4) is 0 Å². The Morgan fingerprint density at radius 3 is 1.82 bits per heavy atom. The Hall–Kier alpha value is -1.64. The average Bonchev–Trinajstić information content (AvgIpc) is 2.49. The fourth-order valence-corrected chi connectivity index (χ4v) is 3.75. The van der Waals surface area contributed by atoms with Crippen LogP contribution in [0.4, 0.5) is 0 Å². The van der Waals surface area contributed by atoms with Crippen LogP contribution in [0.2, 0.25) is 0 Å². The van der Waals surface area contributed by atoms with Gasteiger partial charge < -0.3 is 4.90 Å². The summed E-state index contributed by atoms with van der Waals surface area (Å²) in [5.74, 6) is 0.857. The number of hydrogen-bond acceptors (Lipinski definition) is 2. The lowest BCUT2D eigenvalue weighted by atomic mass is 9.89. The topological polar surface area (TPSA) is 6.48 Å². The molecule has 0 atom stereocenters. The summed E-state index contributed by atoms with van der Waals surface area (Å²) in [5.41, 5.74) is 2.83. The van der Waals surface area contributed by atoms with Crippen molar-refractivity contribution in [1.82, 2.24) is 9.80 Å². The SMILES string of the molecule is c1ccc(C(c2ccccc2)N2CC(CN3CCC3)C2)cc1. The third-order valence-corrected chi connectivity index (χ3v) is 5.05. The molecule has 2 fully saturated rings. The van der Waals surface area contributed by atoms with E-state index in [-0.39, 0.29) is 0 Å². The molecule has 0 aliphatic carbocycles. The lowest BCUT2D eigenvalue weighted by molar-refractivity contribution is 0.0277. The van der Waals surface area contributed by atoms with Crippen molar-refractivity contribution in [3.8, 4) is 0 Å². The summed E-state index contributed by atoms with van der Waals surface area (Å²) in [4.78, 5) is 5.23. The van der Waals surface area contributed by atoms with Crippen LogP contribution in [-0.2, 0) is 0 Å². The fraction of sp³-hybridized carbons (Fsp3) is 0.400. The molecule has 0 aromatic heterocycles. The van der Waals surface area contributed by atoms with Crippen molar-refractivity contribution in [2.24, 2.45) is 5.92 Å². The van der Waals surface area contributed by atoms with Crippen LogP contribution in [0.5, 0.6) is 0 Å². The molecule has 2 aliphatic heterocycles. The van der Waals surface area contributed by atoms with E-state index in [2.05, 4.69) is 70.5 Å². The van der Waals surface area contributed by atoms with Crippen LogP contribution in [0.25, 0.3) is 0 Å². The van der Waals surface area contributed by atoms with Crippen LogP contribution >= 0.6 is 0 Å². The van der Waals surface area contributed by atoms with E-state index >= 15 is 0 Å². The van der Waals surface area contributed by atoms with Crippen molar-refractivity contribution in [3.63, 3.8) is 0 Å². The Balaban J connectivity index is 1.49. The molecule has 4 rings (SSSR count). The normalized spacial score (nSPS) is 19.9. The highest BCUT2D eigenvalue weighted by atomic mass is 15.3. The Kier molecular flexibility index (Phi) is 3.96. The molecule has 0 saturated carbocycles. The minimum atomic E-state index is 0.412. The van der Waals surface area contributed by atoms with Gasteiger partial charge in [-0.2, -0.15) is 0 Å². The molecule has 0 spiro atoms. The zero-order valence-corrected chi connectivity index (χ0v) is 13.1. The quantitative estimate of drug-likeness (QED) is 0.833. The molecule has 2 heteroatoms. The lowest BCUT2D eigenvalue weighted by Gasteiger charge is -2.47. The predicted octanol–water partition coefficient (Wildman–Crippen LogP) is 3.41. The van der Waals surface area contributed by atoms with Crippen molar-refractivity contribution in [1.29, 1.82) is 0 Å². The summed E-state index contributed by atoms with van der Waals surface area (Å²) in [5, 5.41) is 0. The molecular weight excluding hydrogens is 268 g/mol. The van der Waals surface area contributed by atoms with E-state index in [1.54, 1.807) is 0 Å². The van der Waals surface area contributed by atoms with E-state index in [0.717, 1.165) is 5.92 Å². The first-order valence-electron chi connectivity index (χ1n) is 8.46. The fourth-order valence-electron chi connectivity index (χ4n) is 3.75. The van der Waals surface area contributed by atoms with E-state index in [4.69, 9.17) is 0 Å². The van der Waals surface area contributed by atoms with Crippen molar-refractivity contribution in [2.45, 2.75) is 12.5 Å². The van der Waals surface area contributed by atoms with Crippen LogP contribution in [0.15, 0.2) is 60.7 Å². The number of hydrogen-bond donors (Lipinski definition) is 0. The number of benzene rings is 2. The zero-order valence-electron chi connectivity index (χ0n) is 13.1. The molecule has 2 aromatic rings. The van der Waals surface area contributed by atoms with Gasteiger partial charge in [0, 0.05) is 19.6 Å². The first kappa shape index (κ1) is 14.0. The van der Waals surface area contributed by atoms with Gasteiger partial charge >= 0.3 is 0 Å². The van der Waals surface area contributed by atoms with Gasteiger partial charge in [-0.05, 0) is 36.6 Å². The molecule has 0 radical (unpaired) electrons. The summed E-state index contributed by atoms with van der Waals surface area (Å²) in [7, 11) is 0. The maximum absolute atomic E-state index is 2.63. The Morgan fingerprint density at radius 2 is 1.36 bits per heavy atom. The van der Waals surface area contributed by atoms with Gasteiger partial charge in [0.25, 0.3) is 0 Å². The second-order valence-electron chi connectivity index (χ2n) is 6.70. The number of likely N-dealkylation sites (tertiary alicyclic amines) is 2. The van der Waals surface area contributed by atoms with Crippen LogP contribution < -0.4 is 0 Å². The molecule has 2 saturated heterocycles. The molecule has 0 amide bonds. The zero-order chi connectivity index (χ0) is 14.8. The average molecular weight is 292 g/mol. The Morgan fingerprint density at radius 1 is 0.818 bits per heavy atom. The van der Waals surface area contributed by atoms with Crippen molar-refractivity contribution in [2.75, 3.05) is 32.7 Å². The maximum Gasteiger partial charge on any atom is 0.0602 e. The minimum absolute atomic E-state index is 0.412. The standard InChI is InChI=1S/C20H24N2/c1-3-8-18(9-4-1)20(19-10-5-2-6-11-19)22-15-17(16-22)14-21-12-7-13-21/h1-6,8-11,17,20H,7,12-16H2. The number of rotatable bonds is 5. The summed E-state index contributed by atoms with van der Waals surface area (Å²) >= 11 is 0. The van der Waals surface area contributed by atoms with Gasteiger partial charge in [0.1, 0.15) is 0 Å². The summed E-state index contributed by atoms with van der Waals surface area (Å²) in [6.45, 7) is 6.39. The maximum atomic E-state index is 2.63. The largest absolute Gasteiger partial charge is 0.303 e. The van der Waals surface area contributed by atoms with Crippen molar-refractivity contribution >= 4 is 0 Å². The molecule has 0 unspecified atom stereocenters. The molecule has 114 valence electrons. The van der Waals surface area contributed by atoms with Crippen LogP contribution in [-0.4, -0.2) is 42.5 Å². The molecular formula is C20H24N2. The highest BCUT2D eigenvalue weighted by Gasteiger charge is 2.35. The van der Waals surface area contributed by atoms with E-state index in [0.29, 0.717) is 6.04 Å². The molecule has 2 aliphatic rings. The van der Waals surface area contributed by atoms with Gasteiger partial charge in [-0.3, -0.25) is 4.90 Å². The molecule has 22 heavy (non-hydrogen) atoms. The van der Waals surface area contributed by atoms with Gasteiger partial charge in [-0.15, -0.1) is 0 Å². The highest BCUT2D eigenvalue weighted by molar-refractivity contribution is 5.32. The lowest BCUT2D eigenvalue weighted by Crippen LogP contribution is -2.54. The highest BCUT2D eigenvalue weighted by Crippen LogP contribution is 2.34. The van der Waals surface area contributed by atoms with E-state index in [9.17, 15) is 0 Å². The smallest absolute Gasteiger partial charge is 0.0602 e. The van der Waals surface area contributed by atoms with Gasteiger partial charge in [0.2, 0.25) is 0 Å². The monoisotopic (exact) mass is 292 g/mol. The third kappa shape index (κ3) is 2.81. The molecule has 2 nitrogen and oxygen atoms in total. The molecule has 0 N–H and O–H groups in total. The Labute approximate surface area is 133 Å². The van der Waals surface area contributed by atoms with Crippen molar-refractivity contribution in [3.05, 3.63) is 71.8 Å². The summed E-state index contributed by atoms with van der Waals surface area (Å²) in [6.07, 6.45) is 1.40. The van der Waals surface area contributed by atoms with Crippen LogP contribution in [0.1, 0.15) is 23.6 Å². The predicted molar refractivity (Wildman–Crippen MR) is 90.8 cm³/mol. The van der Waals surface area contributed by atoms with Gasteiger partial charge in [-0.1, -0.05) is 60.7 Å². The minimum Gasteiger partial charge on any atom is -0.303 e. The first-order chi connectivity index (χ1) is 10.9. The second kappa shape index (κ2) is 6.23. The van der Waals surface area contributed by atoms with Gasteiger partial charge in [0.05, 0.1) is 6.04 Å². The van der Waals surface area contributed by atoms with E-state index < -0.39 is 0 Å². The number of nitrogens with zero attached hydrogens (tertiary/aromatic N) is 2. The van der Waals surface area contributed by atoms with E-state index in [1.807, 2.05) is 0 Å². The second-order valence-corrected chi connectivity index (χ2v) is 6.70. The van der Waals surface area contributed by atoms with Gasteiger partial charge in [0.15, 0.2) is 0 Å². The first-order valence-corrected chi connectivity index (χ1v) is 8.46. The van der Waals surface area contributed by atoms with Crippen LogP contribution in [0, 0.1) is 5.92 Å². The third-order valence-electron chi connectivity index (χ3n) is 5.05. The molecule has 2 heterocycles. The van der Waals surface area contributed by atoms with Gasteiger partial charge in [-0.25, -0.2) is 0 Å². The summed E-state index contributed by atoms with van der Waals surface area (Å²) in [6, 6.07) is 22.3. The molecule has 2 aromatic carbocycles. The van der Waals surface area contributed by atoms with E-state index in [1.165, 1.54) is 50.3 Å². The van der Waals surface area contributed by atoms with Crippen molar-refractivity contribution < 1.29 is 0 Å². The molecule has 0 bridgehead atoms.